The normalized spacial score (nSPS) is 12.4. The molecule has 0 aliphatic rings. The molecular weight excluding hydrogens is 469 g/mol. The summed E-state index contributed by atoms with van der Waals surface area (Å²) >= 11 is 0. The molecule has 0 radical (unpaired) electrons. The van der Waals surface area contributed by atoms with Gasteiger partial charge in [-0.05, 0) is 48.5 Å². The second kappa shape index (κ2) is 7.78. The molecule has 0 unspecified atom stereocenters. The van der Waals surface area contributed by atoms with Gasteiger partial charge in [-0.3, -0.25) is 14.2 Å². The van der Waals surface area contributed by atoms with Gasteiger partial charge in [0.25, 0.3) is 5.56 Å². The van der Waals surface area contributed by atoms with Crippen LogP contribution < -0.4 is 5.56 Å². The number of carbonyl (C=O) groups excluding carboxylic acids is 1. The van der Waals surface area contributed by atoms with Crippen LogP contribution in [-0.4, -0.2) is 20.0 Å². The number of carbonyl (C=O) groups is 1. The Hall–Kier alpha value is -4.45. The van der Waals surface area contributed by atoms with Gasteiger partial charge in [-0.15, -0.1) is 0 Å². The fourth-order valence-corrected chi connectivity index (χ4v) is 4.39. The van der Waals surface area contributed by atoms with Crippen LogP contribution in [-0.2, 0) is 6.18 Å². The number of pyridine rings is 2. The first kappa shape index (κ1) is 23.3. The standard InChI is InChI=1S/C27H19F3N4O2/c1-26(2,3)24(35)20-13-19-22-9-10-32-34(22)21-8-7-15(14-31)11-18(21)23(19)33(25(20)36)17-6-4-5-16(12-17)27(28,29)30/h4-13H,1-3H3. The molecular formula is C27H19F3N4O2. The van der Waals surface area contributed by atoms with E-state index in [1.807, 2.05) is 0 Å². The molecule has 6 nitrogen and oxygen atoms in total. The Labute approximate surface area is 202 Å². The zero-order valence-corrected chi connectivity index (χ0v) is 19.5. The van der Waals surface area contributed by atoms with E-state index in [2.05, 4.69) is 11.2 Å². The lowest BCUT2D eigenvalue weighted by atomic mass is 9.86. The molecule has 0 saturated heterocycles. The van der Waals surface area contributed by atoms with Gasteiger partial charge in [-0.1, -0.05) is 26.8 Å². The number of halogens is 3. The van der Waals surface area contributed by atoms with Gasteiger partial charge in [0, 0.05) is 21.9 Å². The summed E-state index contributed by atoms with van der Waals surface area (Å²) in [6.07, 6.45) is -3.08. The summed E-state index contributed by atoms with van der Waals surface area (Å²) in [5, 5.41) is 14.7. The van der Waals surface area contributed by atoms with Crippen molar-refractivity contribution < 1.29 is 18.0 Å². The Kier molecular flexibility index (Phi) is 5.04. The lowest BCUT2D eigenvalue weighted by molar-refractivity contribution is -0.137. The number of rotatable bonds is 2. The van der Waals surface area contributed by atoms with Gasteiger partial charge in [0.05, 0.1) is 45.5 Å². The molecule has 180 valence electrons. The fraction of sp³-hybridized carbons (Fsp3) is 0.185. The molecule has 0 N–H and O–H groups in total. The van der Waals surface area contributed by atoms with Gasteiger partial charge in [0.2, 0.25) is 0 Å². The quantitative estimate of drug-likeness (QED) is 0.229. The van der Waals surface area contributed by atoms with Crippen LogP contribution in [0.5, 0.6) is 0 Å². The molecule has 5 aromatic rings. The van der Waals surface area contributed by atoms with E-state index in [1.165, 1.54) is 18.2 Å². The van der Waals surface area contributed by atoms with Crippen LogP contribution in [0.4, 0.5) is 13.2 Å². The van der Waals surface area contributed by atoms with Crippen molar-refractivity contribution in [1.29, 1.82) is 5.26 Å². The van der Waals surface area contributed by atoms with Crippen LogP contribution in [0.15, 0.2) is 65.6 Å². The zero-order chi connectivity index (χ0) is 26.0. The highest BCUT2D eigenvalue weighted by Gasteiger charge is 2.32. The van der Waals surface area contributed by atoms with E-state index in [0.29, 0.717) is 27.4 Å². The number of alkyl halides is 3. The van der Waals surface area contributed by atoms with Gasteiger partial charge in [0.1, 0.15) is 0 Å². The summed E-state index contributed by atoms with van der Waals surface area (Å²) in [7, 11) is 0. The van der Waals surface area contributed by atoms with E-state index in [0.717, 1.165) is 16.7 Å². The summed E-state index contributed by atoms with van der Waals surface area (Å²) in [5.41, 5.74) is -1.09. The van der Waals surface area contributed by atoms with E-state index >= 15 is 0 Å². The zero-order valence-electron chi connectivity index (χ0n) is 19.5. The van der Waals surface area contributed by atoms with Crippen molar-refractivity contribution >= 4 is 33.1 Å². The lowest BCUT2D eigenvalue weighted by Crippen LogP contribution is -2.31. The number of nitrogens with zero attached hydrogens (tertiary/aromatic N) is 4. The summed E-state index contributed by atoms with van der Waals surface area (Å²) < 4.78 is 43.5. The third kappa shape index (κ3) is 3.53. The highest BCUT2D eigenvalue weighted by Crippen LogP contribution is 2.34. The van der Waals surface area contributed by atoms with Crippen molar-refractivity contribution in [3.63, 3.8) is 0 Å². The second-order valence-corrected chi connectivity index (χ2v) is 9.56. The average molecular weight is 488 g/mol. The van der Waals surface area contributed by atoms with Crippen molar-refractivity contribution in [2.45, 2.75) is 26.9 Å². The first-order valence-corrected chi connectivity index (χ1v) is 11.0. The molecule has 3 aromatic heterocycles. The second-order valence-electron chi connectivity index (χ2n) is 9.56. The minimum Gasteiger partial charge on any atom is -0.293 e. The molecule has 0 bridgehead atoms. The van der Waals surface area contributed by atoms with E-state index in [-0.39, 0.29) is 16.8 Å². The minimum atomic E-state index is -4.64. The topological polar surface area (TPSA) is 80.2 Å². The molecule has 36 heavy (non-hydrogen) atoms. The predicted octanol–water partition coefficient (Wildman–Crippen LogP) is 5.91. The van der Waals surface area contributed by atoms with E-state index in [1.54, 1.807) is 55.7 Å². The molecule has 3 heterocycles. The van der Waals surface area contributed by atoms with Crippen molar-refractivity contribution in [1.82, 2.24) is 14.2 Å². The van der Waals surface area contributed by atoms with E-state index in [9.17, 15) is 28.0 Å². The van der Waals surface area contributed by atoms with Crippen molar-refractivity contribution in [3.05, 3.63) is 87.8 Å². The molecule has 5 rings (SSSR count). The molecule has 0 fully saturated rings. The highest BCUT2D eigenvalue weighted by molar-refractivity contribution is 6.13. The van der Waals surface area contributed by atoms with Gasteiger partial charge in [0.15, 0.2) is 5.78 Å². The summed E-state index contributed by atoms with van der Waals surface area (Å²) in [5.74, 6) is -0.446. The smallest absolute Gasteiger partial charge is 0.293 e. The number of aromatic nitrogens is 3. The molecule has 0 atom stereocenters. The Morgan fingerprint density at radius 1 is 0.972 bits per heavy atom. The monoisotopic (exact) mass is 488 g/mol. The number of nitriles is 1. The van der Waals surface area contributed by atoms with Gasteiger partial charge >= 0.3 is 6.18 Å². The Balaban J connectivity index is 2.07. The highest BCUT2D eigenvalue weighted by atomic mass is 19.4. The number of hydrogen-bond donors (Lipinski definition) is 0. The summed E-state index contributed by atoms with van der Waals surface area (Å²) in [6, 6.07) is 14.5. The Bertz CT molecular complexity index is 1820. The van der Waals surface area contributed by atoms with Crippen LogP contribution >= 0.6 is 0 Å². The van der Waals surface area contributed by atoms with Crippen molar-refractivity contribution in [2.24, 2.45) is 5.41 Å². The molecule has 0 aliphatic carbocycles. The van der Waals surface area contributed by atoms with Crippen molar-refractivity contribution in [2.75, 3.05) is 0 Å². The minimum absolute atomic E-state index is 0.0455. The third-order valence-electron chi connectivity index (χ3n) is 6.09. The van der Waals surface area contributed by atoms with Crippen LogP contribution in [0.1, 0.15) is 42.3 Å². The molecule has 0 aliphatic heterocycles. The predicted molar refractivity (Wildman–Crippen MR) is 129 cm³/mol. The summed E-state index contributed by atoms with van der Waals surface area (Å²) in [4.78, 5) is 27.2. The molecule has 0 spiro atoms. The van der Waals surface area contributed by atoms with E-state index in [4.69, 9.17) is 0 Å². The lowest BCUT2D eigenvalue weighted by Gasteiger charge is -2.20. The third-order valence-corrected chi connectivity index (χ3v) is 6.09. The summed E-state index contributed by atoms with van der Waals surface area (Å²) in [6.45, 7) is 5.00. The van der Waals surface area contributed by atoms with Crippen LogP contribution in [0, 0.1) is 16.7 Å². The number of fused-ring (bicyclic) bond motifs is 6. The largest absolute Gasteiger partial charge is 0.416 e. The number of benzene rings is 2. The maximum atomic E-state index is 13.9. The van der Waals surface area contributed by atoms with Gasteiger partial charge in [-0.2, -0.15) is 23.5 Å². The number of Topliss-reactive ketones (excluding diaryl/α,β-unsaturated/α-hetero) is 1. The van der Waals surface area contributed by atoms with Gasteiger partial charge in [-0.25, -0.2) is 4.52 Å². The maximum absolute atomic E-state index is 13.9. The molecule has 0 amide bonds. The Morgan fingerprint density at radius 2 is 1.67 bits per heavy atom. The number of ketones is 1. The first-order chi connectivity index (χ1) is 16.9. The Morgan fingerprint density at radius 3 is 2.33 bits per heavy atom. The van der Waals surface area contributed by atoms with Crippen LogP contribution in [0.3, 0.4) is 0 Å². The maximum Gasteiger partial charge on any atom is 0.416 e. The molecule has 2 aromatic carbocycles. The molecule has 0 saturated carbocycles. The van der Waals surface area contributed by atoms with Gasteiger partial charge < -0.3 is 0 Å². The SMILES string of the molecule is CC(C)(C)C(=O)c1cc2c(c3cc(C#N)ccc3n3nccc23)n(-c2cccc(C(F)(F)F)c2)c1=O. The van der Waals surface area contributed by atoms with Crippen molar-refractivity contribution in [3.8, 4) is 11.8 Å². The first-order valence-electron chi connectivity index (χ1n) is 11.0. The van der Waals surface area contributed by atoms with Crippen LogP contribution in [0.25, 0.3) is 33.0 Å². The average Bonchev–Trinajstić information content (AvgIpc) is 3.32. The molecule has 9 heteroatoms. The fourth-order valence-electron chi connectivity index (χ4n) is 4.39. The van der Waals surface area contributed by atoms with Crippen LogP contribution in [0.2, 0.25) is 0 Å². The number of hydrogen-bond acceptors (Lipinski definition) is 4. The van der Waals surface area contributed by atoms with E-state index < -0.39 is 28.5 Å².